The van der Waals surface area contributed by atoms with E-state index in [1.165, 1.54) is 42.6 Å². The molecule has 4 N–H and O–H groups in total. The van der Waals surface area contributed by atoms with E-state index in [1.54, 1.807) is 29.7 Å². The Balaban J connectivity index is 0.627. The first-order valence-corrected chi connectivity index (χ1v) is 26.0. The SMILES string of the molecule is Cc1ccccc1NC(=O)c1ccc(Nc2ncc(-c3ccc4ccc(CN5CCC(c6ccc(NC(=O)c7ccc(Nc8ncc(-c9cnc%10cc(CN%11CCCC%11)ccn9%10)s8)cc7)c(C)c6)C5)cn34)o2)cc1. The van der Waals surface area contributed by atoms with Gasteiger partial charge in [-0.2, -0.15) is 0 Å². The fraction of sp³-hybridized carbons (Fsp3) is 0.203. The van der Waals surface area contributed by atoms with Crippen LogP contribution < -0.4 is 21.3 Å². The summed E-state index contributed by atoms with van der Waals surface area (Å²) in [7, 11) is 0. The summed E-state index contributed by atoms with van der Waals surface area (Å²) in [5, 5.41) is 13.5. The van der Waals surface area contributed by atoms with Crippen molar-refractivity contribution in [2.45, 2.75) is 52.1 Å². The number of rotatable bonds is 15. The van der Waals surface area contributed by atoms with Crippen molar-refractivity contribution in [2.24, 2.45) is 0 Å². The molecule has 2 amide bonds. The van der Waals surface area contributed by atoms with Crippen molar-refractivity contribution in [2.75, 3.05) is 47.4 Å². The van der Waals surface area contributed by atoms with Gasteiger partial charge in [0.15, 0.2) is 10.9 Å². The zero-order chi connectivity index (χ0) is 50.1. The monoisotopic (exact) mass is 997 g/mol. The molecule has 74 heavy (non-hydrogen) atoms. The van der Waals surface area contributed by atoms with Crippen LogP contribution in [0.25, 0.3) is 33.2 Å². The van der Waals surface area contributed by atoms with Crippen molar-refractivity contribution in [1.29, 1.82) is 0 Å². The van der Waals surface area contributed by atoms with Gasteiger partial charge in [0.05, 0.1) is 28.7 Å². The van der Waals surface area contributed by atoms with Crippen LogP contribution in [0.1, 0.15) is 73.7 Å². The normalized spacial score (nSPS) is 15.0. The molecule has 10 aromatic rings. The molecule has 12 rings (SSSR count). The van der Waals surface area contributed by atoms with E-state index < -0.39 is 0 Å². The minimum absolute atomic E-state index is 0.153. The van der Waals surface area contributed by atoms with Gasteiger partial charge >= 0.3 is 0 Å². The Bertz CT molecular complexity index is 3660. The highest BCUT2D eigenvalue weighted by atomic mass is 32.1. The number of likely N-dealkylation sites (tertiary alicyclic amines) is 2. The Morgan fingerprint density at radius 1 is 0.649 bits per heavy atom. The first-order valence-electron chi connectivity index (χ1n) is 25.2. The van der Waals surface area contributed by atoms with Crippen LogP contribution in [0, 0.1) is 13.8 Å². The number of benzene rings is 4. The number of fused-ring (bicyclic) bond motifs is 2. The summed E-state index contributed by atoms with van der Waals surface area (Å²) in [6.07, 6.45) is 13.4. The lowest BCUT2D eigenvalue weighted by atomic mass is 9.96. The third-order valence-corrected chi connectivity index (χ3v) is 15.2. The topological polar surface area (TPSA) is 149 Å². The largest absolute Gasteiger partial charge is 0.422 e. The molecule has 370 valence electrons. The molecule has 1 unspecified atom stereocenters. The van der Waals surface area contributed by atoms with Crippen molar-refractivity contribution in [3.8, 4) is 22.0 Å². The number of pyridine rings is 2. The molecule has 0 radical (unpaired) electrons. The van der Waals surface area contributed by atoms with Gasteiger partial charge in [-0.1, -0.05) is 47.7 Å². The number of anilines is 6. The van der Waals surface area contributed by atoms with Crippen LogP contribution in [0.3, 0.4) is 0 Å². The second kappa shape index (κ2) is 20.3. The maximum absolute atomic E-state index is 13.5. The number of carbonyl (C=O) groups excluding carboxylic acids is 2. The van der Waals surface area contributed by atoms with E-state index in [9.17, 15) is 9.59 Å². The molecule has 2 fully saturated rings. The third kappa shape index (κ3) is 10.0. The van der Waals surface area contributed by atoms with Crippen molar-refractivity contribution < 1.29 is 14.0 Å². The van der Waals surface area contributed by atoms with E-state index >= 15 is 0 Å². The van der Waals surface area contributed by atoms with Crippen LogP contribution in [0.4, 0.5) is 33.9 Å². The van der Waals surface area contributed by atoms with Crippen LogP contribution >= 0.6 is 11.3 Å². The van der Waals surface area contributed by atoms with Crippen molar-refractivity contribution in [3.05, 3.63) is 197 Å². The fourth-order valence-electron chi connectivity index (χ4n) is 10.2. The Morgan fingerprint density at radius 2 is 1.38 bits per heavy atom. The summed E-state index contributed by atoms with van der Waals surface area (Å²) < 4.78 is 10.5. The molecule has 1 atom stereocenters. The van der Waals surface area contributed by atoms with Crippen LogP contribution in [-0.4, -0.2) is 71.5 Å². The minimum Gasteiger partial charge on any atom is -0.422 e. The Labute approximate surface area is 432 Å². The lowest BCUT2D eigenvalue weighted by molar-refractivity contribution is 0.101. The molecule has 8 heterocycles. The number of amides is 2. The van der Waals surface area contributed by atoms with E-state index in [1.807, 2.05) is 92.1 Å². The molecule has 0 bridgehead atoms. The molecule has 2 aliphatic rings. The second-order valence-electron chi connectivity index (χ2n) is 19.4. The Kier molecular flexibility index (Phi) is 12.8. The number of para-hydroxylation sites is 1. The van der Waals surface area contributed by atoms with Crippen LogP contribution in [0.2, 0.25) is 0 Å². The molecular formula is C59H55N11O3S. The van der Waals surface area contributed by atoms with Crippen molar-refractivity contribution in [1.82, 2.24) is 33.6 Å². The number of carbonyl (C=O) groups is 2. The third-order valence-electron chi connectivity index (χ3n) is 14.3. The summed E-state index contributed by atoms with van der Waals surface area (Å²) in [5.74, 6) is 0.710. The summed E-state index contributed by atoms with van der Waals surface area (Å²) in [5.41, 5.74) is 14.1. The van der Waals surface area contributed by atoms with Crippen LogP contribution in [0.15, 0.2) is 163 Å². The summed E-state index contributed by atoms with van der Waals surface area (Å²) >= 11 is 1.57. The second-order valence-corrected chi connectivity index (χ2v) is 20.5. The lowest BCUT2D eigenvalue weighted by Gasteiger charge is -2.18. The van der Waals surface area contributed by atoms with E-state index in [0.29, 0.717) is 28.8 Å². The zero-order valence-corrected chi connectivity index (χ0v) is 42.0. The van der Waals surface area contributed by atoms with Crippen LogP contribution in [-0.2, 0) is 13.1 Å². The molecule has 0 spiro atoms. The molecule has 15 heteroatoms. The zero-order valence-electron chi connectivity index (χ0n) is 41.2. The fourth-order valence-corrected chi connectivity index (χ4v) is 11.0. The summed E-state index contributed by atoms with van der Waals surface area (Å²) in [4.78, 5) is 46.2. The maximum atomic E-state index is 13.5. The van der Waals surface area contributed by atoms with Gasteiger partial charge in [0.2, 0.25) is 0 Å². The van der Waals surface area contributed by atoms with Gasteiger partial charge in [-0.15, -0.1) is 0 Å². The summed E-state index contributed by atoms with van der Waals surface area (Å²) in [6.45, 7) is 10.1. The quantitative estimate of drug-likeness (QED) is 0.0782. The first kappa shape index (κ1) is 46.7. The number of thiazole rings is 1. The van der Waals surface area contributed by atoms with Gasteiger partial charge < -0.3 is 30.1 Å². The highest BCUT2D eigenvalue weighted by Gasteiger charge is 2.25. The minimum atomic E-state index is -0.171. The van der Waals surface area contributed by atoms with Crippen LogP contribution in [0.5, 0.6) is 0 Å². The average molecular weight is 998 g/mol. The lowest BCUT2D eigenvalue weighted by Crippen LogP contribution is -2.20. The number of oxazole rings is 1. The number of aryl methyl sites for hydroxylation is 2. The molecule has 0 saturated carbocycles. The standard InChI is InChI=1S/C59H55N11O3S/c1-38-7-3-4-8-49(38)65-56(71)42-10-15-46(16-11-42)63-58-61-32-53(73-58)51-22-20-48-19-9-41(36-70(48)51)35-68-27-24-45(37-68)44-14-21-50(39(2)29-44)66-57(72)43-12-17-47(18-13-43)64-59-62-33-54(74-59)52-31-60-55-30-40(23-28-69(52)55)34-67-25-5-6-26-67/h3-4,7-23,28-33,36,45H,5-6,24-27,34-35,37H2,1-2H3,(H,61,63)(H,62,64)(H,65,71)(H,66,72). The highest BCUT2D eigenvalue weighted by molar-refractivity contribution is 7.18. The molecule has 0 aliphatic carbocycles. The van der Waals surface area contributed by atoms with E-state index in [2.05, 4.69) is 112 Å². The van der Waals surface area contributed by atoms with Gasteiger partial charge in [-0.05, 0) is 177 Å². The first-order chi connectivity index (χ1) is 36.2. The van der Waals surface area contributed by atoms with Gasteiger partial charge in [0.25, 0.3) is 17.8 Å². The van der Waals surface area contributed by atoms with Gasteiger partial charge in [0, 0.05) is 77.6 Å². The predicted molar refractivity (Wildman–Crippen MR) is 294 cm³/mol. The molecule has 6 aromatic heterocycles. The number of nitrogens with zero attached hydrogens (tertiary/aromatic N) is 7. The maximum Gasteiger partial charge on any atom is 0.299 e. The van der Waals surface area contributed by atoms with E-state index in [4.69, 9.17) is 9.40 Å². The molecular weight excluding hydrogens is 943 g/mol. The van der Waals surface area contributed by atoms with Gasteiger partial charge in [0.1, 0.15) is 5.65 Å². The molecule has 2 aliphatic heterocycles. The highest BCUT2D eigenvalue weighted by Crippen LogP contribution is 2.34. The van der Waals surface area contributed by atoms with Crippen molar-refractivity contribution in [3.63, 3.8) is 0 Å². The molecule has 14 nitrogen and oxygen atoms in total. The van der Waals surface area contributed by atoms with Crippen molar-refractivity contribution >= 4 is 68.2 Å². The molecule has 2 saturated heterocycles. The number of imidazole rings is 1. The smallest absolute Gasteiger partial charge is 0.299 e. The Hall–Kier alpha value is -8.37. The number of aromatic nitrogens is 5. The predicted octanol–water partition coefficient (Wildman–Crippen LogP) is 12.6. The van der Waals surface area contributed by atoms with Gasteiger partial charge in [-0.3, -0.25) is 23.8 Å². The van der Waals surface area contributed by atoms with Gasteiger partial charge in [-0.25, -0.2) is 15.0 Å². The Morgan fingerprint density at radius 3 is 2.15 bits per heavy atom. The number of hydrogen-bond donors (Lipinski definition) is 4. The molecule has 4 aromatic carbocycles. The summed E-state index contributed by atoms with van der Waals surface area (Å²) in [6, 6.07) is 42.1. The number of nitrogens with one attached hydrogen (secondary N) is 4. The number of hydrogen-bond acceptors (Lipinski definition) is 11. The average Bonchev–Trinajstić information content (AvgIpc) is 4.30. The van der Waals surface area contributed by atoms with E-state index in [0.717, 1.165) is 99.0 Å². The van der Waals surface area contributed by atoms with E-state index in [-0.39, 0.29) is 11.8 Å².